The van der Waals surface area contributed by atoms with E-state index in [1.165, 1.54) is 19.4 Å². The van der Waals surface area contributed by atoms with E-state index in [0.717, 1.165) is 0 Å². The van der Waals surface area contributed by atoms with Crippen LogP contribution < -0.4 is 0 Å². The standard InChI is InChI=1S/C13H27BN/c1-11(2,3)15-9-8-14-13(6,7)12(4,5)10-15/h8-10H2,1-7H3. The molecule has 0 spiro atoms. The van der Waals surface area contributed by atoms with E-state index in [9.17, 15) is 0 Å². The molecule has 15 heavy (non-hydrogen) atoms. The van der Waals surface area contributed by atoms with Gasteiger partial charge in [-0.1, -0.05) is 39.3 Å². The Balaban J connectivity index is 2.87. The first-order valence-electron chi connectivity index (χ1n) is 6.16. The maximum atomic E-state index is 2.62. The summed E-state index contributed by atoms with van der Waals surface area (Å²) < 4.78 is 0. The molecule has 1 saturated heterocycles. The summed E-state index contributed by atoms with van der Waals surface area (Å²) in [6.07, 6.45) is 1.22. The third-order valence-corrected chi connectivity index (χ3v) is 4.33. The summed E-state index contributed by atoms with van der Waals surface area (Å²) in [5.74, 6) is 0. The Kier molecular flexibility index (Phi) is 3.32. The van der Waals surface area contributed by atoms with Gasteiger partial charge in [0.15, 0.2) is 0 Å². The lowest BCUT2D eigenvalue weighted by atomic mass is 9.44. The van der Waals surface area contributed by atoms with Gasteiger partial charge in [-0.15, -0.1) is 0 Å². The third-order valence-electron chi connectivity index (χ3n) is 4.33. The van der Waals surface area contributed by atoms with Gasteiger partial charge < -0.3 is 0 Å². The minimum atomic E-state index is 0.297. The summed E-state index contributed by atoms with van der Waals surface area (Å²) in [6, 6.07) is 0. The van der Waals surface area contributed by atoms with Gasteiger partial charge in [0.2, 0.25) is 0 Å². The van der Waals surface area contributed by atoms with Crippen LogP contribution in [0.5, 0.6) is 0 Å². The Bertz CT molecular complexity index is 225. The predicted octanol–water partition coefficient (Wildman–Crippen LogP) is 3.45. The van der Waals surface area contributed by atoms with Crippen molar-refractivity contribution < 1.29 is 0 Å². The van der Waals surface area contributed by atoms with Gasteiger partial charge in [0.1, 0.15) is 7.28 Å². The van der Waals surface area contributed by atoms with E-state index in [0.29, 0.717) is 16.3 Å². The van der Waals surface area contributed by atoms with Crippen molar-refractivity contribution in [2.45, 2.75) is 65.6 Å². The van der Waals surface area contributed by atoms with Crippen LogP contribution in [0.2, 0.25) is 11.6 Å². The van der Waals surface area contributed by atoms with Gasteiger partial charge in [-0.25, -0.2) is 0 Å². The molecule has 1 radical (unpaired) electrons. The summed E-state index contributed by atoms with van der Waals surface area (Å²) in [7, 11) is 2.51. The van der Waals surface area contributed by atoms with Crippen molar-refractivity contribution in [3.8, 4) is 0 Å². The molecule has 0 aromatic heterocycles. The molecule has 0 amide bonds. The van der Waals surface area contributed by atoms with Gasteiger partial charge in [-0.2, -0.15) is 0 Å². The van der Waals surface area contributed by atoms with Gasteiger partial charge in [0, 0.05) is 12.1 Å². The summed E-state index contributed by atoms with van der Waals surface area (Å²) in [4.78, 5) is 2.62. The number of hydrogen-bond donors (Lipinski definition) is 0. The van der Waals surface area contributed by atoms with E-state index in [1.54, 1.807) is 0 Å². The SMILES string of the molecule is CC(C)(C)N1CC[B]C(C)(C)C(C)(C)C1. The monoisotopic (exact) mass is 208 g/mol. The highest BCUT2D eigenvalue weighted by molar-refractivity contribution is 6.40. The van der Waals surface area contributed by atoms with Gasteiger partial charge in [0.05, 0.1) is 0 Å². The zero-order chi connectivity index (χ0) is 11.9. The Labute approximate surface area is 96.9 Å². The molecule has 1 nitrogen and oxygen atoms in total. The largest absolute Gasteiger partial charge is 0.299 e. The molecule has 0 unspecified atom stereocenters. The molecule has 0 atom stereocenters. The van der Waals surface area contributed by atoms with Crippen molar-refractivity contribution in [1.29, 1.82) is 0 Å². The molecule has 1 aliphatic heterocycles. The van der Waals surface area contributed by atoms with Crippen molar-refractivity contribution in [3.05, 3.63) is 0 Å². The van der Waals surface area contributed by atoms with Crippen molar-refractivity contribution >= 4 is 7.28 Å². The Morgan fingerprint density at radius 1 is 1.07 bits per heavy atom. The second-order valence-corrected chi connectivity index (χ2v) is 7.19. The molecule has 1 aliphatic rings. The summed E-state index contributed by atoms with van der Waals surface area (Å²) in [6.45, 7) is 18.9. The average molecular weight is 208 g/mol. The van der Waals surface area contributed by atoms with Crippen LogP contribution in [0.1, 0.15) is 48.5 Å². The topological polar surface area (TPSA) is 3.24 Å². The first-order chi connectivity index (χ1) is 6.56. The van der Waals surface area contributed by atoms with Gasteiger partial charge in [0.25, 0.3) is 0 Å². The van der Waals surface area contributed by atoms with E-state index in [4.69, 9.17) is 0 Å². The van der Waals surface area contributed by atoms with Crippen LogP contribution in [-0.2, 0) is 0 Å². The molecule has 0 bridgehead atoms. The van der Waals surface area contributed by atoms with Gasteiger partial charge >= 0.3 is 0 Å². The van der Waals surface area contributed by atoms with Crippen LogP contribution in [-0.4, -0.2) is 30.8 Å². The fourth-order valence-electron chi connectivity index (χ4n) is 2.19. The molecule has 0 saturated carbocycles. The third kappa shape index (κ3) is 2.78. The Morgan fingerprint density at radius 2 is 1.60 bits per heavy atom. The van der Waals surface area contributed by atoms with Crippen LogP contribution in [0.4, 0.5) is 0 Å². The van der Waals surface area contributed by atoms with Crippen LogP contribution in [0.25, 0.3) is 0 Å². The zero-order valence-corrected chi connectivity index (χ0v) is 11.6. The molecule has 0 aliphatic carbocycles. The quantitative estimate of drug-likeness (QED) is 0.551. The molecule has 1 rings (SSSR count). The number of hydrogen-bond acceptors (Lipinski definition) is 1. The Morgan fingerprint density at radius 3 is 2.07 bits per heavy atom. The highest BCUT2D eigenvalue weighted by atomic mass is 15.2. The summed E-state index contributed by atoms with van der Waals surface area (Å²) in [5, 5.41) is 0.340. The van der Waals surface area contributed by atoms with E-state index in [-0.39, 0.29) is 0 Å². The molecule has 0 N–H and O–H groups in total. The molecule has 1 fully saturated rings. The highest BCUT2D eigenvalue weighted by Crippen LogP contribution is 2.47. The van der Waals surface area contributed by atoms with E-state index in [2.05, 4.69) is 60.6 Å². The second-order valence-electron chi connectivity index (χ2n) is 7.19. The van der Waals surface area contributed by atoms with Crippen LogP contribution in [0.3, 0.4) is 0 Å². The second kappa shape index (κ2) is 3.80. The smallest absolute Gasteiger partial charge is 0.119 e. The number of nitrogens with zero attached hydrogens (tertiary/aromatic N) is 1. The predicted molar refractivity (Wildman–Crippen MR) is 69.7 cm³/mol. The van der Waals surface area contributed by atoms with Gasteiger partial charge in [-0.05, 0) is 32.7 Å². The molecule has 0 aromatic rings. The summed E-state index contributed by atoms with van der Waals surface area (Å²) in [5.41, 5.74) is 0.655. The average Bonchev–Trinajstić information content (AvgIpc) is 2.08. The summed E-state index contributed by atoms with van der Waals surface area (Å²) >= 11 is 0. The first-order valence-corrected chi connectivity index (χ1v) is 6.16. The highest BCUT2D eigenvalue weighted by Gasteiger charge is 2.42. The molecule has 2 heteroatoms. The molecular weight excluding hydrogens is 181 g/mol. The molecule has 1 heterocycles. The number of rotatable bonds is 0. The Hall–Kier alpha value is 0.0249. The molecule has 0 aromatic carbocycles. The molecular formula is C13H27BN. The fraction of sp³-hybridized carbons (Fsp3) is 1.00. The minimum absolute atomic E-state index is 0.297. The van der Waals surface area contributed by atoms with Crippen LogP contribution in [0.15, 0.2) is 0 Å². The van der Waals surface area contributed by atoms with E-state index < -0.39 is 0 Å². The minimum Gasteiger partial charge on any atom is -0.299 e. The maximum Gasteiger partial charge on any atom is 0.119 e. The van der Waals surface area contributed by atoms with Crippen molar-refractivity contribution in [2.75, 3.05) is 13.1 Å². The molecule has 87 valence electrons. The van der Waals surface area contributed by atoms with Crippen molar-refractivity contribution in [2.24, 2.45) is 5.41 Å². The zero-order valence-electron chi connectivity index (χ0n) is 11.6. The van der Waals surface area contributed by atoms with Gasteiger partial charge in [-0.3, -0.25) is 4.90 Å². The van der Waals surface area contributed by atoms with Crippen LogP contribution >= 0.6 is 0 Å². The maximum absolute atomic E-state index is 2.62. The lowest BCUT2D eigenvalue weighted by Gasteiger charge is -2.45. The lowest BCUT2D eigenvalue weighted by Crippen LogP contribution is -2.47. The van der Waals surface area contributed by atoms with Crippen molar-refractivity contribution in [3.63, 3.8) is 0 Å². The lowest BCUT2D eigenvalue weighted by molar-refractivity contribution is 0.0803. The first kappa shape index (κ1) is 13.1. The fourth-order valence-corrected chi connectivity index (χ4v) is 2.19. The van der Waals surface area contributed by atoms with Crippen LogP contribution in [0, 0.1) is 5.41 Å². The van der Waals surface area contributed by atoms with E-state index >= 15 is 0 Å². The van der Waals surface area contributed by atoms with Crippen molar-refractivity contribution in [1.82, 2.24) is 4.90 Å². The van der Waals surface area contributed by atoms with E-state index in [1.807, 2.05) is 0 Å². The normalized spacial score (nSPS) is 26.9.